The van der Waals surface area contributed by atoms with Crippen LogP contribution in [0, 0.1) is 0 Å². The summed E-state index contributed by atoms with van der Waals surface area (Å²) in [6.07, 6.45) is 1.97. The summed E-state index contributed by atoms with van der Waals surface area (Å²) in [5.41, 5.74) is 1.18. The van der Waals surface area contributed by atoms with Crippen LogP contribution in [-0.4, -0.2) is 19.7 Å². The Kier molecular flexibility index (Phi) is 5.15. The van der Waals surface area contributed by atoms with Crippen molar-refractivity contribution in [2.24, 2.45) is 0 Å². The summed E-state index contributed by atoms with van der Waals surface area (Å²) in [6, 6.07) is 8.41. The Labute approximate surface area is 96.0 Å². The second-order valence-corrected chi connectivity index (χ2v) is 4.23. The highest BCUT2D eigenvalue weighted by atomic mass is 32.2. The highest BCUT2D eigenvalue weighted by Crippen LogP contribution is 2.22. The lowest BCUT2D eigenvalue weighted by molar-refractivity contribution is -0.140. The first-order valence-corrected chi connectivity index (χ1v) is 6.22. The smallest absolute Gasteiger partial charge is 0.155 e. The molecular weight excluding hydrogens is 208 g/mol. The predicted molar refractivity (Wildman–Crippen MR) is 64.2 cm³/mol. The van der Waals surface area contributed by atoms with E-state index in [1.807, 2.05) is 13.8 Å². The van der Waals surface area contributed by atoms with Gasteiger partial charge in [0.2, 0.25) is 0 Å². The molecule has 3 heteroatoms. The number of ether oxygens (including phenoxy) is 2. The second kappa shape index (κ2) is 6.16. The van der Waals surface area contributed by atoms with Gasteiger partial charge in [0.15, 0.2) is 6.29 Å². The molecular formula is C12H18O2S. The zero-order chi connectivity index (χ0) is 11.3. The fraction of sp³-hybridized carbons (Fsp3) is 0.500. The Balaban J connectivity index is 2.61. The third-order valence-electron chi connectivity index (χ3n) is 2.31. The molecule has 0 aliphatic carbocycles. The van der Waals surface area contributed by atoms with Gasteiger partial charge in [0.05, 0.1) is 6.10 Å². The van der Waals surface area contributed by atoms with Gasteiger partial charge in [0.1, 0.15) is 0 Å². The van der Waals surface area contributed by atoms with Gasteiger partial charge >= 0.3 is 0 Å². The summed E-state index contributed by atoms with van der Waals surface area (Å²) in [7, 11) is 1.65. The van der Waals surface area contributed by atoms with Crippen molar-refractivity contribution in [2.75, 3.05) is 13.4 Å². The van der Waals surface area contributed by atoms with Crippen LogP contribution in [0.5, 0.6) is 0 Å². The van der Waals surface area contributed by atoms with E-state index >= 15 is 0 Å². The molecule has 1 aromatic rings. The Morgan fingerprint density at radius 1 is 1.13 bits per heavy atom. The number of hydrogen-bond donors (Lipinski definition) is 0. The highest BCUT2D eigenvalue weighted by molar-refractivity contribution is 7.98. The topological polar surface area (TPSA) is 18.5 Å². The fourth-order valence-corrected chi connectivity index (χ4v) is 1.70. The van der Waals surface area contributed by atoms with Gasteiger partial charge in [-0.05, 0) is 37.8 Å². The van der Waals surface area contributed by atoms with E-state index in [1.165, 1.54) is 10.5 Å². The third-order valence-corrected chi connectivity index (χ3v) is 3.06. The second-order valence-electron chi connectivity index (χ2n) is 3.35. The maximum absolute atomic E-state index is 5.63. The molecule has 1 rings (SSSR count). The average molecular weight is 226 g/mol. The molecule has 2 nitrogen and oxygen atoms in total. The molecule has 0 radical (unpaired) electrons. The molecule has 84 valence electrons. The molecule has 1 aromatic carbocycles. The molecule has 0 fully saturated rings. The first kappa shape index (κ1) is 12.6. The minimum atomic E-state index is -0.166. The van der Waals surface area contributed by atoms with Crippen LogP contribution in [-0.2, 0) is 9.47 Å². The van der Waals surface area contributed by atoms with E-state index in [2.05, 4.69) is 30.5 Å². The molecule has 0 aliphatic heterocycles. The van der Waals surface area contributed by atoms with Crippen LogP contribution < -0.4 is 0 Å². The summed E-state index contributed by atoms with van der Waals surface area (Å²) in [5, 5.41) is 0. The molecule has 0 amide bonds. The molecule has 0 saturated carbocycles. The van der Waals surface area contributed by atoms with Gasteiger partial charge in [-0.3, -0.25) is 0 Å². The van der Waals surface area contributed by atoms with Gasteiger partial charge in [-0.15, -0.1) is 11.8 Å². The Hall–Kier alpha value is -0.510. The van der Waals surface area contributed by atoms with Crippen LogP contribution in [0.3, 0.4) is 0 Å². The normalized spacial score (nSPS) is 14.9. The molecule has 0 N–H and O–H groups in total. The quantitative estimate of drug-likeness (QED) is 0.565. The van der Waals surface area contributed by atoms with Crippen LogP contribution in [0.4, 0.5) is 0 Å². The van der Waals surface area contributed by atoms with Crippen molar-refractivity contribution in [3.63, 3.8) is 0 Å². The summed E-state index contributed by atoms with van der Waals surface area (Å²) >= 11 is 1.74. The van der Waals surface area contributed by atoms with Crippen LogP contribution in [0.2, 0.25) is 0 Å². The van der Waals surface area contributed by atoms with Crippen LogP contribution >= 0.6 is 11.8 Å². The maximum atomic E-state index is 5.63. The van der Waals surface area contributed by atoms with E-state index in [0.717, 1.165) is 0 Å². The van der Waals surface area contributed by atoms with E-state index in [4.69, 9.17) is 9.47 Å². The lowest BCUT2D eigenvalue weighted by atomic mass is 10.1. The molecule has 0 aromatic heterocycles. The minimum absolute atomic E-state index is 0.0656. The number of benzene rings is 1. The first-order valence-electron chi connectivity index (χ1n) is 4.99. The molecule has 0 saturated heterocycles. The number of methoxy groups -OCH3 is 1. The Morgan fingerprint density at radius 3 is 2.20 bits per heavy atom. The summed E-state index contributed by atoms with van der Waals surface area (Å²) in [6.45, 7) is 3.93. The molecule has 15 heavy (non-hydrogen) atoms. The van der Waals surface area contributed by atoms with Crippen LogP contribution in [0.25, 0.3) is 0 Å². The van der Waals surface area contributed by atoms with E-state index in [9.17, 15) is 0 Å². The molecule has 0 bridgehead atoms. The molecule has 2 unspecified atom stereocenters. The largest absolute Gasteiger partial charge is 0.356 e. The first-order chi connectivity index (χ1) is 7.17. The lowest BCUT2D eigenvalue weighted by Gasteiger charge is -2.18. The summed E-state index contributed by atoms with van der Waals surface area (Å²) in [4.78, 5) is 1.27. The fourth-order valence-electron chi connectivity index (χ4n) is 1.30. The molecule has 2 atom stereocenters. The van der Waals surface area contributed by atoms with Crippen molar-refractivity contribution in [3.05, 3.63) is 29.8 Å². The Morgan fingerprint density at radius 2 is 1.73 bits per heavy atom. The number of rotatable bonds is 5. The van der Waals surface area contributed by atoms with Gasteiger partial charge in [-0.25, -0.2) is 0 Å². The molecule has 0 spiro atoms. The van der Waals surface area contributed by atoms with E-state index in [1.54, 1.807) is 18.9 Å². The van der Waals surface area contributed by atoms with Gasteiger partial charge in [0.25, 0.3) is 0 Å². The van der Waals surface area contributed by atoms with Crippen molar-refractivity contribution >= 4 is 11.8 Å². The van der Waals surface area contributed by atoms with Gasteiger partial charge in [0, 0.05) is 12.0 Å². The summed E-state index contributed by atoms with van der Waals surface area (Å²) in [5.74, 6) is 0. The maximum Gasteiger partial charge on any atom is 0.155 e. The minimum Gasteiger partial charge on any atom is -0.356 e. The molecule has 0 heterocycles. The van der Waals surface area contributed by atoms with Crippen molar-refractivity contribution < 1.29 is 9.47 Å². The third kappa shape index (κ3) is 3.86. The van der Waals surface area contributed by atoms with Crippen molar-refractivity contribution in [1.82, 2.24) is 0 Å². The van der Waals surface area contributed by atoms with Crippen molar-refractivity contribution in [2.45, 2.75) is 31.1 Å². The van der Waals surface area contributed by atoms with E-state index < -0.39 is 0 Å². The Bertz CT molecular complexity index is 284. The molecule has 0 aliphatic rings. The number of thioether (sulfide) groups is 1. The van der Waals surface area contributed by atoms with Crippen molar-refractivity contribution in [3.8, 4) is 0 Å². The number of hydrogen-bond acceptors (Lipinski definition) is 3. The zero-order valence-electron chi connectivity index (χ0n) is 9.69. The zero-order valence-corrected chi connectivity index (χ0v) is 10.5. The lowest BCUT2D eigenvalue weighted by Crippen LogP contribution is -2.13. The summed E-state index contributed by atoms with van der Waals surface area (Å²) < 4.78 is 10.7. The van der Waals surface area contributed by atoms with E-state index in [0.29, 0.717) is 0 Å². The van der Waals surface area contributed by atoms with Crippen molar-refractivity contribution in [1.29, 1.82) is 0 Å². The van der Waals surface area contributed by atoms with Gasteiger partial charge in [-0.1, -0.05) is 12.1 Å². The van der Waals surface area contributed by atoms with Crippen LogP contribution in [0.1, 0.15) is 25.5 Å². The van der Waals surface area contributed by atoms with Gasteiger partial charge < -0.3 is 9.47 Å². The predicted octanol–water partition coefficient (Wildman–Crippen LogP) is 3.48. The average Bonchev–Trinajstić information content (AvgIpc) is 2.29. The van der Waals surface area contributed by atoms with Crippen LogP contribution in [0.15, 0.2) is 29.2 Å². The highest BCUT2D eigenvalue weighted by Gasteiger charge is 2.09. The van der Waals surface area contributed by atoms with E-state index in [-0.39, 0.29) is 12.4 Å². The van der Waals surface area contributed by atoms with Gasteiger partial charge in [-0.2, -0.15) is 0 Å². The monoisotopic (exact) mass is 226 g/mol. The standard InChI is InChI=1S/C12H18O2S/c1-9(14-10(2)13-3)11-5-7-12(15-4)8-6-11/h5-10H,1-4H3. The SMILES string of the molecule is COC(C)OC(C)c1ccc(SC)cc1.